The smallest absolute Gasteiger partial charge is 0.317 e. The minimum Gasteiger partial charge on any atom is -0.338 e. The fourth-order valence-electron chi connectivity index (χ4n) is 1.39. The van der Waals surface area contributed by atoms with Crippen molar-refractivity contribution in [3.8, 4) is 0 Å². The average molecular weight is 186 g/mol. The molecule has 0 aromatic carbocycles. The molecule has 0 saturated carbocycles. The Hall–Kier alpha value is -0.730. The maximum Gasteiger partial charge on any atom is 0.317 e. The molecule has 13 heavy (non-hydrogen) atoms. The molecule has 0 aromatic heterocycles. The minimum atomic E-state index is 0.0480. The van der Waals surface area contributed by atoms with Crippen LogP contribution in [0.3, 0.4) is 0 Å². The fourth-order valence-corrected chi connectivity index (χ4v) is 1.39. The van der Waals surface area contributed by atoms with Gasteiger partial charge in [-0.05, 0) is 34.1 Å². The summed E-state index contributed by atoms with van der Waals surface area (Å²) < 4.78 is 0. The molecule has 0 saturated heterocycles. The summed E-state index contributed by atoms with van der Waals surface area (Å²) in [7, 11) is 0. The quantitative estimate of drug-likeness (QED) is 0.717. The average Bonchev–Trinajstić information content (AvgIpc) is 1.99. The number of nitrogens with zero attached hydrogens (tertiary/aromatic N) is 1. The zero-order valence-corrected chi connectivity index (χ0v) is 9.42. The van der Waals surface area contributed by atoms with Gasteiger partial charge in [-0.1, -0.05) is 6.92 Å². The second-order valence-electron chi connectivity index (χ2n) is 3.83. The summed E-state index contributed by atoms with van der Waals surface area (Å²) in [4.78, 5) is 13.5. The van der Waals surface area contributed by atoms with Gasteiger partial charge in [0, 0.05) is 18.6 Å². The van der Waals surface area contributed by atoms with Crippen LogP contribution < -0.4 is 5.32 Å². The Morgan fingerprint density at radius 1 is 1.23 bits per heavy atom. The van der Waals surface area contributed by atoms with Crippen LogP contribution in [-0.2, 0) is 0 Å². The van der Waals surface area contributed by atoms with E-state index in [-0.39, 0.29) is 18.1 Å². The first kappa shape index (κ1) is 12.3. The molecule has 0 aliphatic heterocycles. The molecule has 0 aliphatic carbocycles. The van der Waals surface area contributed by atoms with E-state index in [1.807, 2.05) is 32.6 Å². The molecule has 3 heteroatoms. The molecule has 0 atom stereocenters. The summed E-state index contributed by atoms with van der Waals surface area (Å²) in [6.07, 6.45) is 0.982. The lowest BCUT2D eigenvalue weighted by molar-refractivity contribution is 0.165. The number of rotatable bonds is 4. The Bertz CT molecular complexity index is 147. The summed E-state index contributed by atoms with van der Waals surface area (Å²) in [6.45, 7) is 10.9. The van der Waals surface area contributed by atoms with Crippen molar-refractivity contribution >= 4 is 6.03 Å². The molecule has 0 unspecified atom stereocenters. The van der Waals surface area contributed by atoms with Crippen molar-refractivity contribution in [1.29, 1.82) is 0 Å². The lowest BCUT2D eigenvalue weighted by atomic mass is 10.2. The van der Waals surface area contributed by atoms with Crippen LogP contribution in [0.1, 0.15) is 41.0 Å². The van der Waals surface area contributed by atoms with Gasteiger partial charge in [-0.25, -0.2) is 4.79 Å². The third-order valence-corrected chi connectivity index (χ3v) is 1.87. The van der Waals surface area contributed by atoms with Crippen LogP contribution in [0, 0.1) is 0 Å². The van der Waals surface area contributed by atoms with Crippen molar-refractivity contribution in [2.45, 2.75) is 53.1 Å². The van der Waals surface area contributed by atoms with E-state index < -0.39 is 0 Å². The van der Waals surface area contributed by atoms with Gasteiger partial charge < -0.3 is 10.2 Å². The molecule has 0 rings (SSSR count). The minimum absolute atomic E-state index is 0.0480. The number of urea groups is 1. The Labute approximate surface area is 81.5 Å². The molecule has 0 spiro atoms. The Morgan fingerprint density at radius 3 is 2.00 bits per heavy atom. The van der Waals surface area contributed by atoms with E-state index in [0.29, 0.717) is 0 Å². The van der Waals surface area contributed by atoms with Crippen molar-refractivity contribution in [2.24, 2.45) is 0 Å². The zero-order valence-electron chi connectivity index (χ0n) is 9.42. The van der Waals surface area contributed by atoms with Gasteiger partial charge >= 0.3 is 6.03 Å². The molecule has 1 N–H and O–H groups in total. The number of hydrogen-bond donors (Lipinski definition) is 1. The van der Waals surface area contributed by atoms with Crippen LogP contribution in [0.5, 0.6) is 0 Å². The lowest BCUT2D eigenvalue weighted by Gasteiger charge is -2.30. The van der Waals surface area contributed by atoms with Crippen LogP contribution in [0.25, 0.3) is 0 Å². The van der Waals surface area contributed by atoms with E-state index in [0.717, 1.165) is 13.0 Å². The molecule has 0 bridgehead atoms. The maximum absolute atomic E-state index is 11.6. The lowest BCUT2D eigenvalue weighted by Crippen LogP contribution is -2.47. The highest BCUT2D eigenvalue weighted by molar-refractivity contribution is 5.74. The molecular formula is C10H22N2O. The number of nitrogens with one attached hydrogen (secondary N) is 1. The van der Waals surface area contributed by atoms with Crippen LogP contribution in [0.2, 0.25) is 0 Å². The van der Waals surface area contributed by atoms with Gasteiger partial charge in [0.2, 0.25) is 0 Å². The SMILES string of the molecule is CCCNC(=O)N(C(C)C)C(C)C. The Balaban J connectivity index is 4.13. The van der Waals surface area contributed by atoms with Crippen LogP contribution >= 0.6 is 0 Å². The van der Waals surface area contributed by atoms with Crippen molar-refractivity contribution < 1.29 is 4.79 Å². The third-order valence-electron chi connectivity index (χ3n) is 1.87. The van der Waals surface area contributed by atoms with Crippen LogP contribution in [0.15, 0.2) is 0 Å². The topological polar surface area (TPSA) is 32.3 Å². The first-order valence-corrected chi connectivity index (χ1v) is 5.06. The van der Waals surface area contributed by atoms with Gasteiger partial charge in [-0.3, -0.25) is 0 Å². The third kappa shape index (κ3) is 4.15. The van der Waals surface area contributed by atoms with E-state index in [9.17, 15) is 4.79 Å². The molecule has 2 amide bonds. The van der Waals surface area contributed by atoms with Gasteiger partial charge in [-0.2, -0.15) is 0 Å². The van der Waals surface area contributed by atoms with Crippen molar-refractivity contribution in [3.63, 3.8) is 0 Å². The van der Waals surface area contributed by atoms with E-state index in [1.54, 1.807) is 0 Å². The predicted molar refractivity (Wildman–Crippen MR) is 55.8 cm³/mol. The number of carbonyl (C=O) groups excluding carboxylic acids is 1. The Morgan fingerprint density at radius 2 is 1.69 bits per heavy atom. The summed E-state index contributed by atoms with van der Waals surface area (Å²) in [5, 5.41) is 2.88. The molecule has 0 radical (unpaired) electrons. The highest BCUT2D eigenvalue weighted by Crippen LogP contribution is 2.04. The predicted octanol–water partition coefficient (Wildman–Crippen LogP) is 2.22. The zero-order chi connectivity index (χ0) is 10.4. The highest BCUT2D eigenvalue weighted by atomic mass is 16.2. The molecule has 0 fully saturated rings. The van der Waals surface area contributed by atoms with Crippen LogP contribution in [0.4, 0.5) is 4.79 Å². The largest absolute Gasteiger partial charge is 0.338 e. The normalized spacial score (nSPS) is 10.7. The summed E-state index contributed by atoms with van der Waals surface area (Å²) >= 11 is 0. The number of amides is 2. The Kier molecular flexibility index (Phi) is 5.51. The summed E-state index contributed by atoms with van der Waals surface area (Å²) in [5.74, 6) is 0. The number of hydrogen-bond acceptors (Lipinski definition) is 1. The van der Waals surface area contributed by atoms with E-state index in [4.69, 9.17) is 0 Å². The van der Waals surface area contributed by atoms with Crippen molar-refractivity contribution in [3.05, 3.63) is 0 Å². The standard InChI is InChI=1S/C10H22N2O/c1-6-7-11-10(13)12(8(2)3)9(4)5/h8-9H,6-7H2,1-5H3,(H,11,13). The summed E-state index contributed by atoms with van der Waals surface area (Å²) in [6, 6.07) is 0.570. The van der Waals surface area contributed by atoms with Crippen molar-refractivity contribution in [2.75, 3.05) is 6.54 Å². The van der Waals surface area contributed by atoms with Crippen LogP contribution in [-0.4, -0.2) is 29.6 Å². The first-order chi connectivity index (χ1) is 6.00. The maximum atomic E-state index is 11.6. The highest BCUT2D eigenvalue weighted by Gasteiger charge is 2.18. The first-order valence-electron chi connectivity index (χ1n) is 5.06. The monoisotopic (exact) mass is 186 g/mol. The molecular weight excluding hydrogens is 164 g/mol. The second-order valence-corrected chi connectivity index (χ2v) is 3.83. The van der Waals surface area contributed by atoms with E-state index in [2.05, 4.69) is 12.2 Å². The van der Waals surface area contributed by atoms with Crippen molar-refractivity contribution in [1.82, 2.24) is 10.2 Å². The fraction of sp³-hybridized carbons (Fsp3) is 0.900. The summed E-state index contributed by atoms with van der Waals surface area (Å²) in [5.41, 5.74) is 0. The molecule has 0 heterocycles. The van der Waals surface area contributed by atoms with E-state index >= 15 is 0 Å². The van der Waals surface area contributed by atoms with E-state index in [1.165, 1.54) is 0 Å². The second kappa shape index (κ2) is 5.84. The molecule has 3 nitrogen and oxygen atoms in total. The molecule has 0 aromatic rings. The van der Waals surface area contributed by atoms with Gasteiger partial charge in [0.05, 0.1) is 0 Å². The molecule has 78 valence electrons. The molecule has 0 aliphatic rings. The van der Waals surface area contributed by atoms with Gasteiger partial charge in [0.1, 0.15) is 0 Å². The van der Waals surface area contributed by atoms with Gasteiger partial charge in [-0.15, -0.1) is 0 Å². The van der Waals surface area contributed by atoms with Gasteiger partial charge in [0.15, 0.2) is 0 Å². The number of carbonyl (C=O) groups is 1. The van der Waals surface area contributed by atoms with Gasteiger partial charge in [0.25, 0.3) is 0 Å².